The van der Waals surface area contributed by atoms with Gasteiger partial charge in [-0.1, -0.05) is 12.1 Å². The minimum absolute atomic E-state index is 0.442. The van der Waals surface area contributed by atoms with Gasteiger partial charge in [0.15, 0.2) is 5.82 Å². The molecule has 0 bridgehead atoms. The molecule has 8 heteroatoms. The van der Waals surface area contributed by atoms with E-state index in [2.05, 4.69) is 15.4 Å². The molecule has 3 aromatic rings. The van der Waals surface area contributed by atoms with Gasteiger partial charge < -0.3 is 20.5 Å². The Bertz CT molecular complexity index is 1100. The molecule has 3 N–H and O–H groups in total. The molecule has 154 valence electrons. The Balaban J connectivity index is 1.79. The number of hydrogen-bond acceptors (Lipinski definition) is 6. The molecule has 30 heavy (non-hydrogen) atoms. The first-order valence-electron chi connectivity index (χ1n) is 9.63. The monoisotopic (exact) mass is 405 g/mol. The Labute approximate surface area is 174 Å². The lowest BCUT2D eigenvalue weighted by Gasteiger charge is -2.27. The average Bonchev–Trinajstić information content (AvgIpc) is 3.17. The van der Waals surface area contributed by atoms with Crippen LogP contribution < -0.4 is 20.5 Å². The summed E-state index contributed by atoms with van der Waals surface area (Å²) in [5, 5.41) is 7.84. The zero-order valence-electron chi connectivity index (χ0n) is 17.0. The maximum Gasteiger partial charge on any atom is 0.248 e. The number of methoxy groups -OCH3 is 1. The first kappa shape index (κ1) is 19.5. The molecule has 8 nitrogen and oxygen atoms in total. The third-order valence-corrected chi connectivity index (χ3v) is 4.97. The third kappa shape index (κ3) is 3.47. The average molecular weight is 405 g/mol. The van der Waals surface area contributed by atoms with Crippen molar-refractivity contribution in [3.05, 3.63) is 65.4 Å². The van der Waals surface area contributed by atoms with Crippen molar-refractivity contribution in [3.8, 4) is 22.9 Å². The lowest BCUT2D eigenvalue weighted by atomic mass is 9.95. The molecule has 0 saturated heterocycles. The summed E-state index contributed by atoms with van der Waals surface area (Å²) in [5.74, 6) is 2.08. The number of aromatic nitrogens is 3. The number of allylic oxidation sites excluding steroid dienone is 1. The van der Waals surface area contributed by atoms with E-state index in [1.54, 1.807) is 11.8 Å². The van der Waals surface area contributed by atoms with Crippen LogP contribution in [0.2, 0.25) is 0 Å². The van der Waals surface area contributed by atoms with E-state index in [-0.39, 0.29) is 0 Å². The number of carbonyl (C=O) groups excluding carboxylic acids is 1. The number of primary amides is 1. The van der Waals surface area contributed by atoms with Crippen molar-refractivity contribution in [3.63, 3.8) is 0 Å². The molecule has 1 amide bonds. The highest BCUT2D eigenvalue weighted by atomic mass is 16.5. The Morgan fingerprint density at radius 1 is 1.13 bits per heavy atom. The van der Waals surface area contributed by atoms with Gasteiger partial charge in [0.25, 0.3) is 0 Å². The van der Waals surface area contributed by atoms with E-state index in [0.29, 0.717) is 29.6 Å². The van der Waals surface area contributed by atoms with Crippen LogP contribution in [0, 0.1) is 0 Å². The highest BCUT2D eigenvalue weighted by molar-refractivity contribution is 5.95. The van der Waals surface area contributed by atoms with Gasteiger partial charge in [-0.15, -0.1) is 5.10 Å². The van der Waals surface area contributed by atoms with Crippen molar-refractivity contribution in [1.29, 1.82) is 0 Å². The second-order valence-electron chi connectivity index (χ2n) is 6.86. The summed E-state index contributed by atoms with van der Waals surface area (Å²) < 4.78 is 12.4. The molecule has 1 aliphatic rings. The lowest BCUT2D eigenvalue weighted by Crippen LogP contribution is -2.31. The summed E-state index contributed by atoms with van der Waals surface area (Å²) in [5.41, 5.74) is 8.53. The van der Waals surface area contributed by atoms with Gasteiger partial charge in [0, 0.05) is 11.3 Å². The van der Waals surface area contributed by atoms with Crippen molar-refractivity contribution >= 4 is 11.9 Å². The van der Waals surface area contributed by atoms with E-state index >= 15 is 0 Å². The zero-order chi connectivity index (χ0) is 21.3. The van der Waals surface area contributed by atoms with Crippen molar-refractivity contribution in [2.75, 3.05) is 19.0 Å². The first-order chi connectivity index (χ1) is 14.5. The topological polar surface area (TPSA) is 104 Å². The van der Waals surface area contributed by atoms with Crippen LogP contribution in [-0.4, -0.2) is 34.4 Å². The van der Waals surface area contributed by atoms with Gasteiger partial charge in [-0.2, -0.15) is 4.98 Å². The van der Waals surface area contributed by atoms with Crippen LogP contribution in [0.3, 0.4) is 0 Å². The molecular weight excluding hydrogens is 382 g/mol. The SMILES string of the molecule is CCOc1ccc([C@H]2C(C(N)=O)=C(C)Nc3nc(-c4ccc(OC)cc4)nn32)cc1. The molecule has 2 heterocycles. The van der Waals surface area contributed by atoms with Gasteiger partial charge in [0.2, 0.25) is 11.9 Å². The largest absolute Gasteiger partial charge is 0.497 e. The fraction of sp³-hybridized carbons (Fsp3) is 0.227. The summed E-state index contributed by atoms with van der Waals surface area (Å²) in [6.45, 7) is 4.32. The Hall–Kier alpha value is -3.81. The standard InChI is InChI=1S/C22H23N5O3/c1-4-30-17-11-5-14(6-12-17)19-18(20(23)28)13(2)24-22-25-21(26-27(19)22)15-7-9-16(29-3)10-8-15/h5-12,19H,4H2,1-3H3,(H2,23,28)(H,24,25,26)/t19-/m0/s1. The molecule has 0 spiro atoms. The Kier molecular flexibility index (Phi) is 5.14. The number of fused-ring (bicyclic) bond motifs is 1. The van der Waals surface area contributed by atoms with Gasteiger partial charge in [-0.05, 0) is 55.8 Å². The van der Waals surface area contributed by atoms with Gasteiger partial charge in [-0.25, -0.2) is 4.68 Å². The third-order valence-electron chi connectivity index (χ3n) is 4.97. The van der Waals surface area contributed by atoms with E-state index in [9.17, 15) is 4.79 Å². The van der Waals surface area contributed by atoms with Crippen molar-refractivity contribution in [2.45, 2.75) is 19.9 Å². The highest BCUT2D eigenvalue weighted by Crippen LogP contribution is 2.36. The number of ether oxygens (including phenoxy) is 2. The molecule has 0 fully saturated rings. The van der Waals surface area contributed by atoms with Crippen LogP contribution in [0.15, 0.2) is 59.8 Å². The van der Waals surface area contributed by atoms with E-state index in [0.717, 1.165) is 22.6 Å². The predicted molar refractivity (Wildman–Crippen MR) is 113 cm³/mol. The van der Waals surface area contributed by atoms with Crippen LogP contribution in [0.25, 0.3) is 11.4 Å². The van der Waals surface area contributed by atoms with E-state index in [1.807, 2.05) is 62.4 Å². The number of benzene rings is 2. The summed E-state index contributed by atoms with van der Waals surface area (Å²) in [6, 6.07) is 14.6. The minimum atomic E-state index is -0.508. The number of rotatable bonds is 6. The quantitative estimate of drug-likeness (QED) is 0.653. The van der Waals surface area contributed by atoms with Crippen molar-refractivity contribution in [1.82, 2.24) is 14.8 Å². The zero-order valence-corrected chi connectivity index (χ0v) is 17.0. The summed E-state index contributed by atoms with van der Waals surface area (Å²) >= 11 is 0. The molecule has 1 aromatic heterocycles. The number of nitrogens with one attached hydrogen (secondary N) is 1. The van der Waals surface area contributed by atoms with E-state index < -0.39 is 11.9 Å². The predicted octanol–water partition coefficient (Wildman–Crippen LogP) is 3.13. The van der Waals surface area contributed by atoms with Crippen LogP contribution in [-0.2, 0) is 4.79 Å². The molecule has 0 aliphatic carbocycles. The minimum Gasteiger partial charge on any atom is -0.497 e. The molecule has 0 radical (unpaired) electrons. The highest BCUT2D eigenvalue weighted by Gasteiger charge is 2.33. The molecule has 4 rings (SSSR count). The molecule has 0 saturated carbocycles. The fourth-order valence-corrected chi connectivity index (χ4v) is 3.55. The second kappa shape index (κ2) is 7.90. The van der Waals surface area contributed by atoms with Crippen LogP contribution >= 0.6 is 0 Å². The Morgan fingerprint density at radius 3 is 2.40 bits per heavy atom. The molecule has 1 aliphatic heterocycles. The molecule has 2 aromatic carbocycles. The van der Waals surface area contributed by atoms with Gasteiger partial charge in [-0.3, -0.25) is 4.79 Å². The van der Waals surface area contributed by atoms with Crippen LogP contribution in [0.4, 0.5) is 5.95 Å². The van der Waals surface area contributed by atoms with Gasteiger partial charge >= 0.3 is 0 Å². The maximum absolute atomic E-state index is 12.3. The number of nitrogens with zero attached hydrogens (tertiary/aromatic N) is 3. The smallest absolute Gasteiger partial charge is 0.248 e. The number of amides is 1. The summed E-state index contributed by atoms with van der Waals surface area (Å²) in [4.78, 5) is 16.9. The molecule has 1 atom stereocenters. The van der Waals surface area contributed by atoms with Crippen LogP contribution in [0.1, 0.15) is 25.5 Å². The molecule has 0 unspecified atom stereocenters. The first-order valence-corrected chi connectivity index (χ1v) is 9.63. The van der Waals surface area contributed by atoms with Crippen LogP contribution in [0.5, 0.6) is 11.5 Å². The van der Waals surface area contributed by atoms with E-state index in [4.69, 9.17) is 15.2 Å². The Morgan fingerprint density at radius 2 is 1.80 bits per heavy atom. The van der Waals surface area contributed by atoms with Crippen molar-refractivity contribution in [2.24, 2.45) is 5.73 Å². The fourth-order valence-electron chi connectivity index (χ4n) is 3.55. The maximum atomic E-state index is 12.3. The van der Waals surface area contributed by atoms with Gasteiger partial charge in [0.1, 0.15) is 17.5 Å². The van der Waals surface area contributed by atoms with Crippen molar-refractivity contribution < 1.29 is 14.3 Å². The summed E-state index contributed by atoms with van der Waals surface area (Å²) in [7, 11) is 1.62. The number of anilines is 1. The normalized spacial score (nSPS) is 15.4. The molecular formula is C22H23N5O3. The summed E-state index contributed by atoms with van der Waals surface area (Å²) in [6.07, 6.45) is 0. The van der Waals surface area contributed by atoms with Gasteiger partial charge in [0.05, 0.1) is 19.3 Å². The number of hydrogen-bond donors (Lipinski definition) is 2. The number of nitrogens with two attached hydrogens (primary N) is 1. The second-order valence-corrected chi connectivity index (χ2v) is 6.86. The van der Waals surface area contributed by atoms with E-state index in [1.165, 1.54) is 0 Å². The lowest BCUT2D eigenvalue weighted by molar-refractivity contribution is -0.115. The number of carbonyl (C=O) groups is 1.